The molecule has 2 aliphatic rings. The number of nitrogens with two attached hydrogens (primary N) is 1. The maximum Gasteiger partial charge on any atom is 0.243 e. The first-order valence-corrected chi connectivity index (χ1v) is 8.00. The molecule has 0 unspecified atom stereocenters. The molecule has 1 aromatic rings. The Hall–Kier alpha value is -1.18. The highest BCUT2D eigenvalue weighted by molar-refractivity contribution is 7.89. The van der Waals surface area contributed by atoms with Crippen molar-refractivity contribution in [2.45, 2.75) is 36.6 Å². The fraction of sp³-hybridized carbons (Fsp3) is 0.583. The quantitative estimate of drug-likeness (QED) is 0.598. The Bertz CT molecular complexity index is 567. The second-order valence-corrected chi connectivity index (χ2v) is 7.16. The summed E-state index contributed by atoms with van der Waals surface area (Å²) >= 11 is 0. The topological polar surface area (TPSA) is 88.3 Å². The fourth-order valence-electron chi connectivity index (χ4n) is 2.15. The van der Waals surface area contributed by atoms with Crippen molar-refractivity contribution in [2.24, 2.45) is 11.8 Å². The lowest BCUT2D eigenvalue weighted by molar-refractivity contribution is 0.389. The predicted molar refractivity (Wildman–Crippen MR) is 71.7 cm³/mol. The Balaban J connectivity index is 1.89. The molecule has 2 aliphatic carbocycles. The minimum Gasteiger partial charge on any atom is -0.308 e. The van der Waals surface area contributed by atoms with E-state index in [0.717, 1.165) is 25.7 Å². The van der Waals surface area contributed by atoms with Gasteiger partial charge in [0.25, 0.3) is 0 Å². The average molecular weight is 282 g/mol. The van der Waals surface area contributed by atoms with Crippen LogP contribution in [0.15, 0.2) is 23.2 Å². The van der Waals surface area contributed by atoms with E-state index in [1.807, 2.05) is 0 Å². The number of hydrogen-bond acceptors (Lipinski definition) is 5. The summed E-state index contributed by atoms with van der Waals surface area (Å²) in [6, 6.07) is 3.20. The van der Waals surface area contributed by atoms with Gasteiger partial charge in [0.15, 0.2) is 0 Å². The average Bonchev–Trinajstić information content (AvgIpc) is 3.28. The first-order valence-electron chi connectivity index (χ1n) is 6.56. The number of sulfonamides is 1. The molecule has 0 bridgehead atoms. The lowest BCUT2D eigenvalue weighted by Crippen LogP contribution is -2.35. The van der Waals surface area contributed by atoms with Crippen LogP contribution >= 0.6 is 0 Å². The molecule has 19 heavy (non-hydrogen) atoms. The van der Waals surface area contributed by atoms with Crippen LogP contribution in [0.4, 0.5) is 5.82 Å². The third-order valence-electron chi connectivity index (χ3n) is 3.58. The van der Waals surface area contributed by atoms with Crippen LogP contribution < -0.4 is 11.3 Å². The van der Waals surface area contributed by atoms with E-state index in [9.17, 15) is 8.42 Å². The lowest BCUT2D eigenvalue weighted by Gasteiger charge is -2.21. The Kier molecular flexibility index (Phi) is 3.20. The highest BCUT2D eigenvalue weighted by Gasteiger charge is 2.41. The lowest BCUT2D eigenvalue weighted by atomic mass is 10.4. The van der Waals surface area contributed by atoms with Crippen LogP contribution in [-0.4, -0.2) is 30.3 Å². The molecule has 0 amide bonds. The minimum atomic E-state index is -3.43. The normalized spacial score (nSPS) is 19.7. The van der Waals surface area contributed by atoms with Gasteiger partial charge in [0, 0.05) is 24.8 Å². The van der Waals surface area contributed by atoms with Crippen LogP contribution in [0.1, 0.15) is 25.7 Å². The van der Waals surface area contributed by atoms with E-state index < -0.39 is 10.0 Å². The molecular weight excluding hydrogens is 264 g/mol. The Morgan fingerprint density at radius 1 is 1.37 bits per heavy atom. The third kappa shape index (κ3) is 2.72. The summed E-state index contributed by atoms with van der Waals surface area (Å²) in [5, 5.41) is 0. The number of nitrogens with one attached hydrogen (secondary N) is 1. The standard InChI is InChI=1S/C12H18N4O2S/c13-15-12-7-11(5-6-14-12)19(17,18)16(10-3-4-10)8-9-1-2-9/h5-7,9-10H,1-4,8,13H2,(H,14,15). The number of hydrogen-bond donors (Lipinski definition) is 2. The number of nitrogens with zero attached hydrogens (tertiary/aromatic N) is 2. The Morgan fingerprint density at radius 2 is 2.11 bits per heavy atom. The van der Waals surface area contributed by atoms with Crippen molar-refractivity contribution in [2.75, 3.05) is 12.0 Å². The number of hydrazine groups is 1. The first-order chi connectivity index (χ1) is 9.11. The molecule has 104 valence electrons. The maximum absolute atomic E-state index is 12.7. The molecule has 0 spiro atoms. The van der Waals surface area contributed by atoms with E-state index in [1.165, 1.54) is 18.3 Å². The number of anilines is 1. The number of nitrogen functional groups attached to an aromatic ring is 1. The van der Waals surface area contributed by atoms with Crippen LogP contribution in [0.5, 0.6) is 0 Å². The van der Waals surface area contributed by atoms with Gasteiger partial charge in [0.1, 0.15) is 5.82 Å². The van der Waals surface area contributed by atoms with Gasteiger partial charge >= 0.3 is 0 Å². The van der Waals surface area contributed by atoms with Gasteiger partial charge in [-0.25, -0.2) is 19.2 Å². The van der Waals surface area contributed by atoms with Crippen LogP contribution in [0.25, 0.3) is 0 Å². The van der Waals surface area contributed by atoms with Crippen molar-refractivity contribution in [1.82, 2.24) is 9.29 Å². The summed E-state index contributed by atoms with van der Waals surface area (Å²) < 4.78 is 27.0. The van der Waals surface area contributed by atoms with Crippen LogP contribution in [0, 0.1) is 5.92 Å². The molecule has 0 aromatic carbocycles. The predicted octanol–water partition coefficient (Wildman–Crippen LogP) is 0.930. The molecule has 7 heteroatoms. The smallest absolute Gasteiger partial charge is 0.243 e. The maximum atomic E-state index is 12.7. The molecule has 0 aliphatic heterocycles. The zero-order chi connectivity index (χ0) is 13.5. The van der Waals surface area contributed by atoms with E-state index in [2.05, 4.69) is 10.4 Å². The second-order valence-electron chi connectivity index (χ2n) is 5.27. The molecule has 6 nitrogen and oxygen atoms in total. The summed E-state index contributed by atoms with van der Waals surface area (Å²) in [6.07, 6.45) is 5.69. The van der Waals surface area contributed by atoms with Crippen molar-refractivity contribution >= 4 is 15.8 Å². The SMILES string of the molecule is NNc1cc(S(=O)(=O)N(CC2CC2)C2CC2)ccn1. The van der Waals surface area contributed by atoms with Crippen molar-refractivity contribution in [3.63, 3.8) is 0 Å². The van der Waals surface area contributed by atoms with Gasteiger partial charge in [0.05, 0.1) is 4.90 Å². The molecular formula is C12H18N4O2S. The highest BCUT2D eigenvalue weighted by Crippen LogP contribution is 2.38. The second kappa shape index (κ2) is 4.73. The monoisotopic (exact) mass is 282 g/mol. The molecule has 3 rings (SSSR count). The summed E-state index contributed by atoms with van der Waals surface area (Å²) in [5.74, 6) is 6.19. The number of rotatable bonds is 6. The number of aromatic nitrogens is 1. The van der Waals surface area contributed by atoms with Crippen LogP contribution in [0.2, 0.25) is 0 Å². The molecule has 1 aromatic heterocycles. The van der Waals surface area contributed by atoms with Gasteiger partial charge in [-0.3, -0.25) is 0 Å². The van der Waals surface area contributed by atoms with Gasteiger partial charge < -0.3 is 5.43 Å². The zero-order valence-corrected chi connectivity index (χ0v) is 11.4. The van der Waals surface area contributed by atoms with Crippen molar-refractivity contribution < 1.29 is 8.42 Å². The molecule has 2 fully saturated rings. The highest BCUT2D eigenvalue weighted by atomic mass is 32.2. The van der Waals surface area contributed by atoms with E-state index in [-0.39, 0.29) is 10.9 Å². The Morgan fingerprint density at radius 3 is 2.68 bits per heavy atom. The van der Waals surface area contributed by atoms with Gasteiger partial charge in [-0.05, 0) is 37.7 Å². The zero-order valence-electron chi connectivity index (χ0n) is 10.6. The molecule has 0 atom stereocenters. The summed E-state index contributed by atoms with van der Waals surface area (Å²) in [4.78, 5) is 4.21. The summed E-state index contributed by atoms with van der Waals surface area (Å²) in [7, 11) is -3.43. The van der Waals surface area contributed by atoms with E-state index in [4.69, 9.17) is 5.84 Å². The third-order valence-corrected chi connectivity index (χ3v) is 5.49. The Labute approximate surface area is 113 Å². The molecule has 1 heterocycles. The van der Waals surface area contributed by atoms with Gasteiger partial charge in [-0.15, -0.1) is 0 Å². The van der Waals surface area contributed by atoms with Gasteiger partial charge in [-0.1, -0.05) is 0 Å². The van der Waals surface area contributed by atoms with Crippen LogP contribution in [-0.2, 0) is 10.0 Å². The molecule has 0 saturated heterocycles. The molecule has 2 saturated carbocycles. The molecule has 0 radical (unpaired) electrons. The van der Waals surface area contributed by atoms with E-state index in [0.29, 0.717) is 18.3 Å². The van der Waals surface area contributed by atoms with Crippen molar-refractivity contribution in [3.05, 3.63) is 18.3 Å². The first kappa shape index (κ1) is 12.8. The molecule has 3 N–H and O–H groups in total. The van der Waals surface area contributed by atoms with E-state index >= 15 is 0 Å². The van der Waals surface area contributed by atoms with Gasteiger partial charge in [-0.2, -0.15) is 4.31 Å². The van der Waals surface area contributed by atoms with Crippen LogP contribution in [0.3, 0.4) is 0 Å². The van der Waals surface area contributed by atoms with Gasteiger partial charge in [0.2, 0.25) is 10.0 Å². The summed E-state index contributed by atoms with van der Waals surface area (Å²) in [5.41, 5.74) is 2.38. The minimum absolute atomic E-state index is 0.188. The summed E-state index contributed by atoms with van der Waals surface area (Å²) in [6.45, 7) is 0.653. The largest absolute Gasteiger partial charge is 0.308 e. The van der Waals surface area contributed by atoms with Crippen molar-refractivity contribution in [1.29, 1.82) is 0 Å². The van der Waals surface area contributed by atoms with E-state index in [1.54, 1.807) is 4.31 Å². The number of pyridine rings is 1. The van der Waals surface area contributed by atoms with Crippen molar-refractivity contribution in [3.8, 4) is 0 Å². The fourth-order valence-corrected chi connectivity index (χ4v) is 3.92.